The number of rotatable bonds is 1. The zero-order chi connectivity index (χ0) is 11.5. The van der Waals surface area contributed by atoms with Crippen LogP contribution in [-0.2, 0) is 0 Å². The Labute approximate surface area is 112 Å². The van der Waals surface area contributed by atoms with E-state index in [4.69, 9.17) is 34.8 Å². The maximum absolute atomic E-state index is 5.88. The Morgan fingerprint density at radius 2 is 2.06 bits per heavy atom. The fourth-order valence-electron chi connectivity index (χ4n) is 1.10. The van der Waals surface area contributed by atoms with E-state index in [1.807, 2.05) is 0 Å². The van der Waals surface area contributed by atoms with Gasteiger partial charge in [-0.2, -0.15) is 4.40 Å². The molecule has 0 bridgehead atoms. The number of hydrogen-bond donors (Lipinski definition) is 1. The highest BCUT2D eigenvalue weighted by Gasteiger charge is 2.09. The minimum Gasteiger partial charge on any atom is -0.298 e. The molecule has 1 aliphatic heterocycles. The van der Waals surface area contributed by atoms with Crippen molar-refractivity contribution in [1.29, 1.82) is 0 Å². The average Bonchev–Trinajstić information content (AvgIpc) is 2.24. The van der Waals surface area contributed by atoms with Crippen LogP contribution in [0.25, 0.3) is 0 Å². The predicted molar refractivity (Wildman–Crippen MR) is 72.2 cm³/mol. The van der Waals surface area contributed by atoms with Gasteiger partial charge >= 0.3 is 0 Å². The second-order valence-corrected chi connectivity index (χ2v) is 4.81. The summed E-state index contributed by atoms with van der Waals surface area (Å²) in [6.07, 6.45) is 0.495. The fraction of sp³-hybridized carbons (Fsp3) is 0.111. The van der Waals surface area contributed by atoms with Crippen LogP contribution in [-0.4, -0.2) is 11.0 Å². The number of aliphatic imine (C=N–C) groups is 1. The second-order valence-electron chi connectivity index (χ2n) is 2.99. The number of nitrogens with one attached hydrogen (secondary N) is 1. The van der Waals surface area contributed by atoms with Crippen LogP contribution in [0.15, 0.2) is 27.6 Å². The van der Waals surface area contributed by atoms with Gasteiger partial charge in [-0.15, -0.1) is 0 Å². The number of benzene rings is 1. The van der Waals surface area contributed by atoms with Crippen molar-refractivity contribution in [3.8, 4) is 0 Å². The summed E-state index contributed by atoms with van der Waals surface area (Å²) in [5.41, 5.74) is 0.726. The smallest absolute Gasteiger partial charge is 0.124 e. The van der Waals surface area contributed by atoms with Gasteiger partial charge in [0, 0.05) is 0 Å². The molecule has 0 aliphatic carbocycles. The average molecular weight is 295 g/mol. The molecular weight excluding hydrogens is 289 g/mol. The number of nitrogens with zero attached hydrogens (tertiary/aromatic N) is 2. The molecule has 2 rings (SSSR count). The first-order valence-corrected chi connectivity index (χ1v) is 6.23. The third-order valence-corrected chi connectivity index (χ3v) is 3.48. The Kier molecular flexibility index (Phi) is 3.97. The molecule has 7 heteroatoms. The summed E-state index contributed by atoms with van der Waals surface area (Å²) in [6, 6.07) is 5.19. The van der Waals surface area contributed by atoms with Crippen molar-refractivity contribution in [2.75, 3.05) is 0 Å². The first kappa shape index (κ1) is 12.0. The summed E-state index contributed by atoms with van der Waals surface area (Å²) >= 11 is 18.6. The molecule has 1 N–H and O–H groups in total. The lowest BCUT2D eigenvalue weighted by Gasteiger charge is -2.10. The Morgan fingerprint density at radius 1 is 1.25 bits per heavy atom. The highest BCUT2D eigenvalue weighted by Crippen LogP contribution is 2.27. The second kappa shape index (κ2) is 5.27. The molecule has 1 aromatic rings. The highest BCUT2D eigenvalue weighted by molar-refractivity contribution is 7.97. The quantitative estimate of drug-likeness (QED) is 0.787. The van der Waals surface area contributed by atoms with Crippen molar-refractivity contribution < 1.29 is 0 Å². The van der Waals surface area contributed by atoms with E-state index in [-0.39, 0.29) is 0 Å². The SMILES string of the molecule is ClC1=NSNC(=Nc2ccc(Cl)c(Cl)c2)C1. The van der Waals surface area contributed by atoms with Gasteiger partial charge in [0.05, 0.1) is 34.3 Å². The molecule has 0 aromatic heterocycles. The van der Waals surface area contributed by atoms with Crippen molar-refractivity contribution in [2.24, 2.45) is 9.39 Å². The van der Waals surface area contributed by atoms with E-state index in [0.717, 1.165) is 23.7 Å². The first-order valence-electron chi connectivity index (χ1n) is 4.32. The van der Waals surface area contributed by atoms with Crippen molar-refractivity contribution in [1.82, 2.24) is 4.72 Å². The molecule has 0 atom stereocenters. The van der Waals surface area contributed by atoms with Crippen LogP contribution in [0, 0.1) is 0 Å². The minimum absolute atomic E-state index is 0.478. The van der Waals surface area contributed by atoms with Gasteiger partial charge < -0.3 is 0 Å². The van der Waals surface area contributed by atoms with Gasteiger partial charge in [0.25, 0.3) is 0 Å². The predicted octanol–water partition coefficient (Wildman–Crippen LogP) is 4.22. The van der Waals surface area contributed by atoms with E-state index in [0.29, 0.717) is 21.6 Å². The van der Waals surface area contributed by atoms with Crippen LogP contribution < -0.4 is 4.72 Å². The fourth-order valence-corrected chi connectivity index (χ4v) is 2.06. The maximum atomic E-state index is 5.88. The van der Waals surface area contributed by atoms with Gasteiger partial charge in [0.2, 0.25) is 0 Å². The lowest BCUT2D eigenvalue weighted by Crippen LogP contribution is -2.21. The largest absolute Gasteiger partial charge is 0.298 e. The molecule has 16 heavy (non-hydrogen) atoms. The lowest BCUT2D eigenvalue weighted by molar-refractivity contribution is 1.32. The van der Waals surface area contributed by atoms with Crippen LogP contribution in [0.5, 0.6) is 0 Å². The number of halogens is 3. The summed E-state index contributed by atoms with van der Waals surface area (Å²) in [5.74, 6) is 0.739. The van der Waals surface area contributed by atoms with Crippen molar-refractivity contribution >= 4 is 63.6 Å². The maximum Gasteiger partial charge on any atom is 0.124 e. The van der Waals surface area contributed by atoms with E-state index >= 15 is 0 Å². The van der Waals surface area contributed by atoms with Gasteiger partial charge in [-0.05, 0) is 18.2 Å². The molecule has 1 heterocycles. The van der Waals surface area contributed by atoms with Crippen molar-refractivity contribution in [3.05, 3.63) is 28.2 Å². The van der Waals surface area contributed by atoms with Gasteiger partial charge in [0.1, 0.15) is 11.0 Å². The summed E-state index contributed by atoms with van der Waals surface area (Å²) in [7, 11) is 0. The molecular formula is C9H6Cl3N3S. The number of amidine groups is 1. The van der Waals surface area contributed by atoms with Gasteiger partial charge in [-0.3, -0.25) is 4.72 Å². The molecule has 0 unspecified atom stereocenters. The van der Waals surface area contributed by atoms with E-state index in [2.05, 4.69) is 14.1 Å². The minimum atomic E-state index is 0.478. The monoisotopic (exact) mass is 293 g/mol. The molecule has 0 saturated carbocycles. The van der Waals surface area contributed by atoms with Crippen LogP contribution in [0.4, 0.5) is 5.69 Å². The molecule has 0 radical (unpaired) electrons. The molecule has 1 aromatic carbocycles. The Hall–Kier alpha value is -0.420. The Bertz CT molecular complexity index is 473. The summed E-state index contributed by atoms with van der Waals surface area (Å²) < 4.78 is 6.86. The van der Waals surface area contributed by atoms with Crippen molar-refractivity contribution in [2.45, 2.75) is 6.42 Å². The van der Waals surface area contributed by atoms with Crippen LogP contribution in [0.3, 0.4) is 0 Å². The highest BCUT2D eigenvalue weighted by atomic mass is 35.5. The van der Waals surface area contributed by atoms with E-state index in [9.17, 15) is 0 Å². The Morgan fingerprint density at radius 3 is 2.75 bits per heavy atom. The molecule has 3 nitrogen and oxygen atoms in total. The van der Waals surface area contributed by atoms with Crippen LogP contribution >= 0.6 is 46.9 Å². The van der Waals surface area contributed by atoms with Crippen LogP contribution in [0.2, 0.25) is 10.0 Å². The van der Waals surface area contributed by atoms with E-state index in [1.165, 1.54) is 0 Å². The normalized spacial score (nSPS) is 18.2. The zero-order valence-electron chi connectivity index (χ0n) is 7.88. The molecule has 1 aliphatic rings. The summed E-state index contributed by atoms with van der Waals surface area (Å²) in [6.45, 7) is 0. The molecule has 0 fully saturated rings. The first-order chi connectivity index (χ1) is 7.65. The Balaban J connectivity index is 2.22. The summed E-state index contributed by atoms with van der Waals surface area (Å²) in [4.78, 5) is 4.35. The third-order valence-electron chi connectivity index (χ3n) is 1.79. The summed E-state index contributed by atoms with van der Waals surface area (Å²) in [5, 5.41) is 1.51. The molecule has 0 saturated heterocycles. The third kappa shape index (κ3) is 3.04. The zero-order valence-corrected chi connectivity index (χ0v) is 11.0. The van der Waals surface area contributed by atoms with Gasteiger partial charge in [-0.1, -0.05) is 34.8 Å². The number of hydrogen-bond acceptors (Lipinski definition) is 3. The molecule has 0 amide bonds. The standard InChI is InChI=1S/C9H6Cl3N3S/c10-6-2-1-5(3-7(6)11)13-9-4-8(12)14-16-15-9/h1-3H,4H2,(H,13,15). The topological polar surface area (TPSA) is 36.8 Å². The van der Waals surface area contributed by atoms with E-state index < -0.39 is 0 Å². The van der Waals surface area contributed by atoms with Gasteiger partial charge in [-0.25, -0.2) is 4.99 Å². The van der Waals surface area contributed by atoms with Gasteiger partial charge in [0.15, 0.2) is 0 Å². The molecule has 84 valence electrons. The van der Waals surface area contributed by atoms with E-state index in [1.54, 1.807) is 18.2 Å². The molecule has 0 spiro atoms. The van der Waals surface area contributed by atoms with Crippen molar-refractivity contribution in [3.63, 3.8) is 0 Å². The van der Waals surface area contributed by atoms with Crippen LogP contribution in [0.1, 0.15) is 6.42 Å². The lowest BCUT2D eigenvalue weighted by atomic mass is 10.3.